The van der Waals surface area contributed by atoms with E-state index in [4.69, 9.17) is 4.74 Å². The van der Waals surface area contributed by atoms with Crippen molar-refractivity contribution in [1.82, 2.24) is 25.3 Å². The highest BCUT2D eigenvalue weighted by atomic mass is 19.1. The lowest BCUT2D eigenvalue weighted by Gasteiger charge is -2.17. The third kappa shape index (κ3) is 3.33. The molecule has 0 atom stereocenters. The molecule has 0 radical (unpaired) electrons. The molecular formula is C20H17FN6O2. The molecule has 0 aliphatic carbocycles. The molecule has 9 heteroatoms. The van der Waals surface area contributed by atoms with E-state index in [9.17, 15) is 9.18 Å². The first kappa shape index (κ1) is 18.4. The number of fused-ring (bicyclic) bond motifs is 1. The van der Waals surface area contributed by atoms with Crippen molar-refractivity contribution in [2.24, 2.45) is 0 Å². The number of rotatable bonds is 5. The first-order valence-corrected chi connectivity index (χ1v) is 8.72. The van der Waals surface area contributed by atoms with Crippen molar-refractivity contribution in [2.75, 3.05) is 19.5 Å². The van der Waals surface area contributed by atoms with E-state index < -0.39 is 5.82 Å². The molecule has 3 N–H and O–H groups in total. The standard InChI is InChI=1S/C20H17FN6O2/c1-22-20(28)14-10-26-18-12(6-7-23-18)16(14)27-15-5-3-4-13(17(15)29-2)19-24-8-11(21)9-25-19/h3-10H,1-2H3,(H,22,28)(H2,23,26,27). The predicted octanol–water partition coefficient (Wildman–Crippen LogP) is 3.27. The zero-order chi connectivity index (χ0) is 20.4. The maximum Gasteiger partial charge on any atom is 0.254 e. The number of aromatic nitrogens is 4. The van der Waals surface area contributed by atoms with Gasteiger partial charge in [-0.15, -0.1) is 0 Å². The summed E-state index contributed by atoms with van der Waals surface area (Å²) in [4.78, 5) is 27.8. The minimum Gasteiger partial charge on any atom is -0.494 e. The summed E-state index contributed by atoms with van der Waals surface area (Å²) in [7, 11) is 3.08. The van der Waals surface area contributed by atoms with Gasteiger partial charge in [-0.2, -0.15) is 0 Å². The molecule has 0 unspecified atom stereocenters. The van der Waals surface area contributed by atoms with Crippen molar-refractivity contribution in [2.45, 2.75) is 0 Å². The zero-order valence-corrected chi connectivity index (χ0v) is 15.7. The third-order valence-electron chi connectivity index (χ3n) is 4.40. The normalized spacial score (nSPS) is 10.7. The fourth-order valence-electron chi connectivity index (χ4n) is 3.07. The molecule has 1 amide bonds. The Kier molecular flexibility index (Phi) is 4.78. The van der Waals surface area contributed by atoms with E-state index in [2.05, 4.69) is 30.6 Å². The molecule has 0 aliphatic heterocycles. The highest BCUT2D eigenvalue weighted by Gasteiger charge is 2.19. The van der Waals surface area contributed by atoms with Gasteiger partial charge in [-0.25, -0.2) is 19.3 Å². The molecule has 146 valence electrons. The topological polar surface area (TPSA) is 105 Å². The Bertz CT molecular complexity index is 1190. The van der Waals surface area contributed by atoms with E-state index in [1.807, 2.05) is 6.07 Å². The number of H-pyrrole nitrogens is 1. The molecule has 0 saturated heterocycles. The second-order valence-corrected chi connectivity index (χ2v) is 6.10. The molecule has 3 heterocycles. The van der Waals surface area contributed by atoms with E-state index >= 15 is 0 Å². The average Bonchev–Trinajstić information content (AvgIpc) is 3.23. The summed E-state index contributed by atoms with van der Waals surface area (Å²) < 4.78 is 18.8. The van der Waals surface area contributed by atoms with Crippen molar-refractivity contribution < 1.29 is 13.9 Å². The Balaban J connectivity index is 1.85. The smallest absolute Gasteiger partial charge is 0.254 e. The second kappa shape index (κ2) is 7.55. The Hall–Kier alpha value is -4.01. The van der Waals surface area contributed by atoms with Crippen LogP contribution in [0, 0.1) is 5.82 Å². The van der Waals surface area contributed by atoms with Gasteiger partial charge in [-0.1, -0.05) is 6.07 Å². The van der Waals surface area contributed by atoms with E-state index in [1.165, 1.54) is 13.3 Å². The molecule has 0 bridgehead atoms. The van der Waals surface area contributed by atoms with Gasteiger partial charge in [0.2, 0.25) is 0 Å². The number of halogens is 1. The summed E-state index contributed by atoms with van der Waals surface area (Å²) in [5, 5.41) is 6.65. The van der Waals surface area contributed by atoms with Crippen LogP contribution in [0.15, 0.2) is 49.1 Å². The minimum absolute atomic E-state index is 0.278. The van der Waals surface area contributed by atoms with Gasteiger partial charge < -0.3 is 20.4 Å². The van der Waals surface area contributed by atoms with E-state index in [1.54, 1.807) is 31.4 Å². The van der Waals surface area contributed by atoms with Crippen molar-refractivity contribution >= 4 is 28.3 Å². The molecule has 0 fully saturated rings. The zero-order valence-electron chi connectivity index (χ0n) is 15.7. The van der Waals surface area contributed by atoms with Crippen molar-refractivity contribution in [3.8, 4) is 17.1 Å². The largest absolute Gasteiger partial charge is 0.494 e. The number of aromatic amines is 1. The van der Waals surface area contributed by atoms with Crippen LogP contribution in [0.25, 0.3) is 22.4 Å². The first-order valence-electron chi connectivity index (χ1n) is 8.72. The minimum atomic E-state index is -0.524. The molecule has 0 aliphatic rings. The number of hydrogen-bond acceptors (Lipinski definition) is 6. The van der Waals surface area contributed by atoms with Crippen molar-refractivity contribution in [1.29, 1.82) is 0 Å². The number of para-hydroxylation sites is 1. The molecular weight excluding hydrogens is 375 g/mol. The van der Waals surface area contributed by atoms with Gasteiger partial charge >= 0.3 is 0 Å². The number of nitrogens with zero attached hydrogens (tertiary/aromatic N) is 3. The SMILES string of the molecule is CNC(=O)c1cnc2[nH]ccc2c1Nc1cccc(-c2ncc(F)cn2)c1OC. The summed E-state index contributed by atoms with van der Waals surface area (Å²) in [6, 6.07) is 7.20. The van der Waals surface area contributed by atoms with Gasteiger partial charge in [-0.05, 0) is 18.2 Å². The number of benzene rings is 1. The molecule has 0 saturated carbocycles. The van der Waals surface area contributed by atoms with Gasteiger partial charge in [0.1, 0.15) is 5.65 Å². The number of anilines is 2. The number of hydrogen-bond donors (Lipinski definition) is 3. The second-order valence-electron chi connectivity index (χ2n) is 6.10. The highest BCUT2D eigenvalue weighted by Crippen LogP contribution is 2.38. The summed E-state index contributed by atoms with van der Waals surface area (Å²) in [6.07, 6.45) is 5.44. The number of ether oxygens (including phenoxy) is 1. The van der Waals surface area contributed by atoms with Gasteiger partial charge in [0.05, 0.1) is 42.0 Å². The molecule has 4 rings (SSSR count). The van der Waals surface area contributed by atoms with Crippen LogP contribution in [-0.2, 0) is 0 Å². The maximum atomic E-state index is 13.2. The van der Waals surface area contributed by atoms with Crippen LogP contribution in [0.5, 0.6) is 5.75 Å². The average molecular weight is 392 g/mol. The molecule has 0 spiro atoms. The van der Waals surface area contributed by atoms with Crippen molar-refractivity contribution in [3.63, 3.8) is 0 Å². The van der Waals surface area contributed by atoms with Gasteiger partial charge in [-0.3, -0.25) is 4.79 Å². The van der Waals surface area contributed by atoms with E-state index in [0.717, 1.165) is 17.8 Å². The van der Waals surface area contributed by atoms with Gasteiger partial charge in [0.15, 0.2) is 17.4 Å². The van der Waals surface area contributed by atoms with Crippen LogP contribution in [-0.4, -0.2) is 40.0 Å². The van der Waals surface area contributed by atoms with Crippen LogP contribution >= 0.6 is 0 Å². The number of methoxy groups -OCH3 is 1. The molecule has 29 heavy (non-hydrogen) atoms. The Morgan fingerprint density at radius 2 is 1.93 bits per heavy atom. The first-order chi connectivity index (χ1) is 14.1. The lowest BCUT2D eigenvalue weighted by molar-refractivity contribution is 0.0963. The number of pyridine rings is 1. The number of amides is 1. The molecule has 4 aromatic rings. The monoisotopic (exact) mass is 392 g/mol. The maximum absolute atomic E-state index is 13.2. The van der Waals surface area contributed by atoms with E-state index in [-0.39, 0.29) is 5.91 Å². The van der Waals surface area contributed by atoms with Crippen molar-refractivity contribution in [3.05, 3.63) is 60.4 Å². The molecule has 1 aromatic carbocycles. The lowest BCUT2D eigenvalue weighted by Crippen LogP contribution is -2.19. The Morgan fingerprint density at radius 1 is 1.14 bits per heavy atom. The molecule has 8 nitrogen and oxygen atoms in total. The van der Waals surface area contributed by atoms with Gasteiger partial charge in [0, 0.05) is 24.8 Å². The summed E-state index contributed by atoms with van der Waals surface area (Å²) in [6.45, 7) is 0. The van der Waals surface area contributed by atoms with Crippen LogP contribution < -0.4 is 15.4 Å². The Morgan fingerprint density at radius 3 is 2.66 bits per heavy atom. The van der Waals surface area contributed by atoms with Crippen LogP contribution in [0.1, 0.15) is 10.4 Å². The highest BCUT2D eigenvalue weighted by molar-refractivity contribution is 6.07. The summed E-state index contributed by atoms with van der Waals surface area (Å²) in [5.41, 5.74) is 2.77. The Labute approximate surface area is 165 Å². The fourth-order valence-corrected chi connectivity index (χ4v) is 3.07. The summed E-state index contributed by atoms with van der Waals surface area (Å²) >= 11 is 0. The fraction of sp³-hybridized carbons (Fsp3) is 0.100. The van der Waals surface area contributed by atoms with Crippen LogP contribution in [0.4, 0.5) is 15.8 Å². The lowest BCUT2D eigenvalue weighted by atomic mass is 10.1. The van der Waals surface area contributed by atoms with Crippen LogP contribution in [0.2, 0.25) is 0 Å². The number of carbonyl (C=O) groups excluding carboxylic acids is 1. The van der Waals surface area contributed by atoms with E-state index in [0.29, 0.717) is 39.7 Å². The predicted molar refractivity (Wildman–Crippen MR) is 107 cm³/mol. The third-order valence-corrected chi connectivity index (χ3v) is 4.40. The van der Waals surface area contributed by atoms with Gasteiger partial charge in [0.25, 0.3) is 5.91 Å². The molecule has 3 aromatic heterocycles. The quantitative estimate of drug-likeness (QED) is 0.481. The number of nitrogens with one attached hydrogen (secondary N) is 3. The summed E-state index contributed by atoms with van der Waals surface area (Å²) in [5.74, 6) is -0.0219. The number of carbonyl (C=O) groups is 1. The van der Waals surface area contributed by atoms with Crippen LogP contribution in [0.3, 0.4) is 0 Å².